The van der Waals surface area contributed by atoms with E-state index >= 15 is 0 Å². The van der Waals surface area contributed by atoms with Gasteiger partial charge in [0.2, 0.25) is 0 Å². The summed E-state index contributed by atoms with van der Waals surface area (Å²) < 4.78 is 12.7. The van der Waals surface area contributed by atoms with Crippen LogP contribution in [0.25, 0.3) is 0 Å². The first kappa shape index (κ1) is 41.9. The summed E-state index contributed by atoms with van der Waals surface area (Å²) >= 11 is 0. The maximum atomic E-state index is 6.36. The van der Waals surface area contributed by atoms with Crippen LogP contribution in [0, 0.1) is 0 Å². The normalized spacial score (nSPS) is 17.8. The summed E-state index contributed by atoms with van der Waals surface area (Å²) in [6.07, 6.45) is 50.2. The molecule has 0 N–H and O–H groups in total. The fourth-order valence-corrected chi connectivity index (χ4v) is 6.05. The van der Waals surface area contributed by atoms with E-state index in [1.165, 1.54) is 141 Å². The Morgan fingerprint density at radius 1 is 0.422 bits per heavy atom. The number of nitrogens with zero attached hydrogens (tertiary/aromatic N) is 1. The molecule has 0 spiro atoms. The van der Waals surface area contributed by atoms with E-state index < -0.39 is 0 Å². The van der Waals surface area contributed by atoms with Crippen LogP contribution in [0.3, 0.4) is 0 Å². The van der Waals surface area contributed by atoms with Crippen molar-refractivity contribution in [1.82, 2.24) is 4.90 Å². The Labute approximate surface area is 282 Å². The second-order valence-corrected chi connectivity index (χ2v) is 13.3. The molecule has 0 radical (unpaired) electrons. The zero-order chi connectivity index (χ0) is 32.3. The maximum Gasteiger partial charge on any atom is 0.0975 e. The molecule has 0 amide bonds. The van der Waals surface area contributed by atoms with Gasteiger partial charge in [-0.3, -0.25) is 4.90 Å². The largest absolute Gasteiger partial charge is 0.374 e. The topological polar surface area (TPSA) is 21.7 Å². The third kappa shape index (κ3) is 27.6. The highest BCUT2D eigenvalue weighted by Crippen LogP contribution is 2.19. The molecule has 1 fully saturated rings. The quantitative estimate of drug-likeness (QED) is 0.0534. The molecule has 45 heavy (non-hydrogen) atoms. The predicted molar refractivity (Wildman–Crippen MR) is 200 cm³/mol. The van der Waals surface area contributed by atoms with Gasteiger partial charge in [-0.05, 0) is 83.6 Å². The van der Waals surface area contributed by atoms with Gasteiger partial charge < -0.3 is 9.47 Å². The second kappa shape index (κ2) is 34.2. The molecule has 262 valence electrons. The van der Waals surface area contributed by atoms with Crippen molar-refractivity contribution < 1.29 is 9.47 Å². The van der Waals surface area contributed by atoms with Gasteiger partial charge in [0.1, 0.15) is 0 Å². The molecular formula is C42H77NO2. The minimum absolute atomic E-state index is 0.257. The molecule has 1 rings (SSSR count). The van der Waals surface area contributed by atoms with E-state index in [1.807, 2.05) is 0 Å². The lowest BCUT2D eigenvalue weighted by atomic mass is 10.1. The molecule has 1 saturated heterocycles. The summed E-state index contributed by atoms with van der Waals surface area (Å²) in [7, 11) is 0. The van der Waals surface area contributed by atoms with E-state index in [9.17, 15) is 0 Å². The van der Waals surface area contributed by atoms with Crippen LogP contribution in [-0.2, 0) is 9.47 Å². The number of rotatable bonds is 33. The molecule has 0 bridgehead atoms. The van der Waals surface area contributed by atoms with Crippen LogP contribution in [-0.4, -0.2) is 50.0 Å². The van der Waals surface area contributed by atoms with E-state index in [4.69, 9.17) is 9.47 Å². The molecule has 0 aromatic heterocycles. The van der Waals surface area contributed by atoms with Gasteiger partial charge in [0, 0.05) is 26.3 Å². The van der Waals surface area contributed by atoms with Crippen molar-refractivity contribution in [2.45, 2.75) is 187 Å². The summed E-state index contributed by atoms with van der Waals surface area (Å²) in [6.45, 7) is 11.7. The third-order valence-electron chi connectivity index (χ3n) is 9.09. The Morgan fingerprint density at radius 3 is 1.11 bits per heavy atom. The average Bonchev–Trinajstić information content (AvgIpc) is 3.45. The molecule has 3 heteroatoms. The van der Waals surface area contributed by atoms with Crippen LogP contribution in [0.4, 0.5) is 0 Å². The van der Waals surface area contributed by atoms with Crippen molar-refractivity contribution in [2.75, 3.05) is 32.8 Å². The number of likely N-dealkylation sites (tertiary alicyclic amines) is 1. The minimum atomic E-state index is 0.257. The Hall–Kier alpha value is -1.16. The summed E-state index contributed by atoms with van der Waals surface area (Å²) in [5, 5.41) is 0. The molecule has 1 heterocycles. The lowest BCUT2D eigenvalue weighted by molar-refractivity contribution is -0.0481. The average molecular weight is 628 g/mol. The Morgan fingerprint density at radius 2 is 0.756 bits per heavy atom. The molecule has 0 saturated carbocycles. The zero-order valence-electron chi connectivity index (χ0n) is 30.5. The van der Waals surface area contributed by atoms with Crippen LogP contribution in [0.15, 0.2) is 48.6 Å². The van der Waals surface area contributed by atoms with Gasteiger partial charge in [-0.25, -0.2) is 0 Å². The van der Waals surface area contributed by atoms with Crippen LogP contribution >= 0.6 is 0 Å². The molecule has 1 aliphatic rings. The van der Waals surface area contributed by atoms with Gasteiger partial charge in [0.25, 0.3) is 0 Å². The number of allylic oxidation sites excluding steroid dienone is 8. The first-order chi connectivity index (χ1) is 22.3. The van der Waals surface area contributed by atoms with Crippen LogP contribution < -0.4 is 0 Å². The fourth-order valence-electron chi connectivity index (χ4n) is 6.05. The van der Waals surface area contributed by atoms with Crippen LogP contribution in [0.1, 0.15) is 175 Å². The van der Waals surface area contributed by atoms with Gasteiger partial charge in [-0.15, -0.1) is 0 Å². The highest BCUT2D eigenvalue weighted by Gasteiger charge is 2.33. The molecule has 0 unspecified atom stereocenters. The SMILES string of the molecule is CCCCC/C=C\C/C=C\CCCCCCCCO[C@@H]1CN(CC)C[C@H]1OCCCCCCCC/C=C\C/C=C\CCCCC. The van der Waals surface area contributed by atoms with Crippen molar-refractivity contribution in [1.29, 1.82) is 0 Å². The van der Waals surface area contributed by atoms with E-state index in [2.05, 4.69) is 74.3 Å². The first-order valence-electron chi connectivity index (χ1n) is 19.9. The Bertz CT molecular complexity index is 653. The smallest absolute Gasteiger partial charge is 0.0975 e. The van der Waals surface area contributed by atoms with E-state index in [1.54, 1.807) is 0 Å². The molecule has 3 nitrogen and oxygen atoms in total. The Kier molecular flexibility index (Phi) is 31.8. The number of hydrogen-bond acceptors (Lipinski definition) is 3. The molecular weight excluding hydrogens is 550 g/mol. The van der Waals surface area contributed by atoms with Gasteiger partial charge in [-0.2, -0.15) is 0 Å². The number of ether oxygens (including phenoxy) is 2. The molecule has 0 aliphatic carbocycles. The molecule has 1 aliphatic heterocycles. The van der Waals surface area contributed by atoms with Gasteiger partial charge in [-0.1, -0.05) is 146 Å². The summed E-state index contributed by atoms with van der Waals surface area (Å²) in [6, 6.07) is 0. The first-order valence-corrected chi connectivity index (χ1v) is 19.9. The van der Waals surface area contributed by atoms with Crippen molar-refractivity contribution in [3.05, 3.63) is 48.6 Å². The fraction of sp³-hybridized carbons (Fsp3) is 0.810. The summed E-state index contributed by atoms with van der Waals surface area (Å²) in [5.41, 5.74) is 0. The minimum Gasteiger partial charge on any atom is -0.374 e. The zero-order valence-corrected chi connectivity index (χ0v) is 30.5. The van der Waals surface area contributed by atoms with Crippen molar-refractivity contribution >= 4 is 0 Å². The number of likely N-dealkylation sites (N-methyl/N-ethyl adjacent to an activating group) is 1. The maximum absolute atomic E-state index is 6.36. The Balaban J connectivity index is 1.95. The molecule has 0 aromatic carbocycles. The van der Waals surface area contributed by atoms with Crippen molar-refractivity contribution in [3.63, 3.8) is 0 Å². The highest BCUT2D eigenvalue weighted by molar-refractivity contribution is 4.93. The molecule has 2 atom stereocenters. The second-order valence-electron chi connectivity index (χ2n) is 13.3. The lowest BCUT2D eigenvalue weighted by Crippen LogP contribution is -2.30. The van der Waals surface area contributed by atoms with E-state index in [0.29, 0.717) is 0 Å². The molecule has 0 aromatic rings. The predicted octanol–water partition coefficient (Wildman–Crippen LogP) is 12.7. The number of hydrogen-bond donors (Lipinski definition) is 0. The summed E-state index contributed by atoms with van der Waals surface area (Å²) in [4.78, 5) is 2.49. The van der Waals surface area contributed by atoms with Gasteiger partial charge in [0.15, 0.2) is 0 Å². The van der Waals surface area contributed by atoms with E-state index in [0.717, 1.165) is 45.7 Å². The number of unbranched alkanes of at least 4 members (excludes halogenated alkanes) is 18. The monoisotopic (exact) mass is 628 g/mol. The van der Waals surface area contributed by atoms with Gasteiger partial charge in [0.05, 0.1) is 12.2 Å². The third-order valence-corrected chi connectivity index (χ3v) is 9.09. The van der Waals surface area contributed by atoms with Crippen LogP contribution in [0.2, 0.25) is 0 Å². The highest BCUT2D eigenvalue weighted by atomic mass is 16.5. The van der Waals surface area contributed by atoms with E-state index in [-0.39, 0.29) is 12.2 Å². The standard InChI is InChI=1S/C42H77NO2/c1-4-7-9-11-13-15-17-19-21-23-25-27-29-31-33-35-37-44-41-39-43(6-3)40-42(41)45-38-36-34-32-30-28-26-24-22-20-18-16-14-12-10-8-5-2/h13-16,19-22,41-42H,4-12,17-18,23-40H2,1-3H3/b15-13-,16-14-,21-19-,22-20-/t41-,42-/m1/s1. The van der Waals surface area contributed by atoms with Crippen molar-refractivity contribution in [3.8, 4) is 0 Å². The van der Waals surface area contributed by atoms with Crippen molar-refractivity contribution in [2.24, 2.45) is 0 Å². The lowest BCUT2D eigenvalue weighted by Gasteiger charge is -2.20. The van der Waals surface area contributed by atoms with Crippen LogP contribution in [0.5, 0.6) is 0 Å². The van der Waals surface area contributed by atoms with Gasteiger partial charge >= 0.3 is 0 Å². The summed E-state index contributed by atoms with van der Waals surface area (Å²) in [5.74, 6) is 0.